The number of amides is 1. The molecule has 0 radical (unpaired) electrons. The molecule has 1 heterocycles. The number of hydrogen-bond donors (Lipinski definition) is 0. The average molecular weight is 311 g/mol. The molecule has 1 fully saturated rings. The maximum atomic E-state index is 12.3. The van der Waals surface area contributed by atoms with Crippen molar-refractivity contribution >= 4 is 6.09 Å². The molecule has 1 aliphatic rings. The largest absolute Gasteiger partial charge is 0.445 e. The molecule has 1 amide bonds. The van der Waals surface area contributed by atoms with E-state index in [1.807, 2.05) is 48.5 Å². The normalized spacial score (nSPS) is 20.0. The second kappa shape index (κ2) is 7.29. The van der Waals surface area contributed by atoms with Gasteiger partial charge in [0, 0.05) is 7.11 Å². The van der Waals surface area contributed by atoms with Gasteiger partial charge in [0.1, 0.15) is 6.61 Å². The van der Waals surface area contributed by atoms with Crippen molar-refractivity contribution in [3.8, 4) is 0 Å². The fraction of sp³-hybridized carbons (Fsp3) is 0.316. The summed E-state index contributed by atoms with van der Waals surface area (Å²) in [5, 5.41) is 0. The third kappa shape index (κ3) is 3.71. The van der Waals surface area contributed by atoms with Crippen LogP contribution in [0.5, 0.6) is 0 Å². The minimum atomic E-state index is -0.275. The molecule has 0 saturated carbocycles. The molecule has 4 nitrogen and oxygen atoms in total. The van der Waals surface area contributed by atoms with Crippen molar-refractivity contribution in [2.24, 2.45) is 0 Å². The van der Waals surface area contributed by atoms with Gasteiger partial charge in [0.25, 0.3) is 0 Å². The van der Waals surface area contributed by atoms with Gasteiger partial charge in [0.15, 0.2) is 0 Å². The van der Waals surface area contributed by atoms with Crippen LogP contribution in [0, 0.1) is 0 Å². The number of likely N-dealkylation sites (tertiary alicyclic amines) is 1. The van der Waals surface area contributed by atoms with Gasteiger partial charge in [-0.15, -0.1) is 0 Å². The maximum Gasteiger partial charge on any atom is 0.410 e. The predicted octanol–water partition coefficient (Wildman–Crippen LogP) is 3.27. The molecule has 1 unspecified atom stereocenters. The van der Waals surface area contributed by atoms with Crippen LogP contribution >= 0.6 is 0 Å². The molecule has 2 aromatic carbocycles. The van der Waals surface area contributed by atoms with Crippen LogP contribution in [0.2, 0.25) is 0 Å². The number of carbonyl (C=O) groups is 1. The molecule has 1 saturated heterocycles. The zero-order valence-electron chi connectivity index (χ0n) is 13.2. The number of ether oxygens (including phenoxy) is 2. The van der Waals surface area contributed by atoms with Crippen LogP contribution in [-0.2, 0) is 22.5 Å². The van der Waals surface area contributed by atoms with E-state index in [-0.39, 0.29) is 18.2 Å². The second-order valence-corrected chi connectivity index (χ2v) is 5.72. The first kappa shape index (κ1) is 15.6. The fourth-order valence-corrected chi connectivity index (χ4v) is 2.85. The minimum Gasteiger partial charge on any atom is -0.445 e. The van der Waals surface area contributed by atoms with Crippen LogP contribution in [0.1, 0.15) is 11.1 Å². The van der Waals surface area contributed by atoms with Crippen molar-refractivity contribution in [2.45, 2.75) is 25.2 Å². The number of hydrogen-bond acceptors (Lipinski definition) is 3. The summed E-state index contributed by atoms with van der Waals surface area (Å²) in [6.07, 6.45) is 0.572. The van der Waals surface area contributed by atoms with Crippen molar-refractivity contribution in [1.29, 1.82) is 0 Å². The molecule has 0 N–H and O–H groups in total. The molecular weight excluding hydrogens is 290 g/mol. The molecule has 0 spiro atoms. The van der Waals surface area contributed by atoms with Crippen molar-refractivity contribution < 1.29 is 14.3 Å². The lowest BCUT2D eigenvalue weighted by Crippen LogP contribution is -2.63. The van der Waals surface area contributed by atoms with Gasteiger partial charge in [-0.2, -0.15) is 0 Å². The molecule has 0 aliphatic carbocycles. The number of methoxy groups -OCH3 is 1. The number of benzene rings is 2. The minimum absolute atomic E-state index is 0.0330. The maximum absolute atomic E-state index is 12.3. The van der Waals surface area contributed by atoms with E-state index in [1.54, 1.807) is 12.0 Å². The highest BCUT2D eigenvalue weighted by Gasteiger charge is 2.42. The van der Waals surface area contributed by atoms with Gasteiger partial charge in [0.2, 0.25) is 0 Å². The van der Waals surface area contributed by atoms with Crippen molar-refractivity contribution in [1.82, 2.24) is 4.90 Å². The van der Waals surface area contributed by atoms with E-state index in [9.17, 15) is 4.79 Å². The Bertz CT molecular complexity index is 630. The highest BCUT2D eigenvalue weighted by atomic mass is 16.6. The Hall–Kier alpha value is -2.33. The van der Waals surface area contributed by atoms with Gasteiger partial charge in [0.05, 0.1) is 18.7 Å². The van der Waals surface area contributed by atoms with Crippen LogP contribution in [-0.4, -0.2) is 36.8 Å². The monoisotopic (exact) mass is 311 g/mol. The zero-order chi connectivity index (χ0) is 16.1. The highest BCUT2D eigenvalue weighted by molar-refractivity contribution is 5.69. The molecule has 2 aromatic rings. The Morgan fingerprint density at radius 3 is 2.26 bits per heavy atom. The van der Waals surface area contributed by atoms with E-state index in [0.717, 1.165) is 12.0 Å². The summed E-state index contributed by atoms with van der Waals surface area (Å²) >= 11 is 0. The van der Waals surface area contributed by atoms with Crippen molar-refractivity contribution in [2.75, 3.05) is 13.7 Å². The quantitative estimate of drug-likeness (QED) is 0.851. The number of rotatable bonds is 5. The summed E-state index contributed by atoms with van der Waals surface area (Å²) in [4.78, 5) is 14.1. The van der Waals surface area contributed by atoms with E-state index >= 15 is 0 Å². The lowest BCUT2D eigenvalue weighted by molar-refractivity contribution is -0.0760. The van der Waals surface area contributed by atoms with Crippen molar-refractivity contribution in [3.05, 3.63) is 71.8 Å². The van der Waals surface area contributed by atoms with Crippen LogP contribution in [0.3, 0.4) is 0 Å². The van der Waals surface area contributed by atoms with E-state index in [2.05, 4.69) is 12.1 Å². The molecule has 120 valence electrons. The molecule has 3 rings (SSSR count). The van der Waals surface area contributed by atoms with E-state index < -0.39 is 0 Å². The van der Waals surface area contributed by atoms with E-state index in [4.69, 9.17) is 9.47 Å². The first-order chi connectivity index (χ1) is 11.3. The molecule has 0 aromatic heterocycles. The topological polar surface area (TPSA) is 38.8 Å². The van der Waals surface area contributed by atoms with Gasteiger partial charge >= 0.3 is 6.09 Å². The average Bonchev–Trinajstić information content (AvgIpc) is 2.59. The Kier molecular flexibility index (Phi) is 4.93. The van der Waals surface area contributed by atoms with Crippen LogP contribution in [0.15, 0.2) is 60.7 Å². The Morgan fingerprint density at radius 1 is 1.04 bits per heavy atom. The molecule has 23 heavy (non-hydrogen) atoms. The number of carbonyl (C=O) groups excluding carboxylic acids is 1. The van der Waals surface area contributed by atoms with Crippen LogP contribution in [0.4, 0.5) is 4.79 Å². The van der Waals surface area contributed by atoms with E-state index in [0.29, 0.717) is 13.2 Å². The first-order valence-electron chi connectivity index (χ1n) is 7.82. The summed E-state index contributed by atoms with van der Waals surface area (Å²) < 4.78 is 10.9. The fourth-order valence-electron chi connectivity index (χ4n) is 2.85. The third-order valence-corrected chi connectivity index (χ3v) is 4.24. The zero-order valence-corrected chi connectivity index (χ0v) is 13.2. The standard InChI is InChI=1S/C19H21NO3/c1-22-18-13-20(17(18)12-15-8-4-2-5-9-15)19(21)23-14-16-10-6-3-7-11-16/h2-11,17-18H,12-14H2,1H3/t17-,18?/m0/s1. The van der Waals surface area contributed by atoms with Crippen LogP contribution in [0.25, 0.3) is 0 Å². The van der Waals surface area contributed by atoms with Crippen molar-refractivity contribution in [3.63, 3.8) is 0 Å². The van der Waals surface area contributed by atoms with E-state index in [1.165, 1.54) is 5.56 Å². The smallest absolute Gasteiger partial charge is 0.410 e. The summed E-state index contributed by atoms with van der Waals surface area (Å²) in [6, 6.07) is 19.9. The Labute approximate surface area is 136 Å². The summed E-state index contributed by atoms with van der Waals surface area (Å²) in [7, 11) is 1.69. The summed E-state index contributed by atoms with van der Waals surface area (Å²) in [6.45, 7) is 0.882. The summed E-state index contributed by atoms with van der Waals surface area (Å²) in [5.41, 5.74) is 2.18. The highest BCUT2D eigenvalue weighted by Crippen LogP contribution is 2.25. The summed E-state index contributed by atoms with van der Waals surface area (Å²) in [5.74, 6) is 0. The Morgan fingerprint density at radius 2 is 1.65 bits per heavy atom. The Balaban J connectivity index is 1.58. The molecule has 0 bridgehead atoms. The predicted molar refractivity (Wildman–Crippen MR) is 88.1 cm³/mol. The molecule has 1 aliphatic heterocycles. The molecule has 2 atom stereocenters. The van der Waals surface area contributed by atoms with Gasteiger partial charge in [-0.25, -0.2) is 4.79 Å². The van der Waals surface area contributed by atoms with Gasteiger partial charge in [-0.3, -0.25) is 4.90 Å². The first-order valence-corrected chi connectivity index (χ1v) is 7.82. The van der Waals surface area contributed by atoms with Gasteiger partial charge in [-0.05, 0) is 17.5 Å². The van der Waals surface area contributed by atoms with Gasteiger partial charge in [-0.1, -0.05) is 60.7 Å². The molecule has 4 heteroatoms. The second-order valence-electron chi connectivity index (χ2n) is 5.72. The van der Waals surface area contributed by atoms with Gasteiger partial charge < -0.3 is 9.47 Å². The lowest BCUT2D eigenvalue weighted by Gasteiger charge is -2.46. The third-order valence-electron chi connectivity index (χ3n) is 4.24. The van der Waals surface area contributed by atoms with Crippen LogP contribution < -0.4 is 0 Å². The number of nitrogens with zero attached hydrogens (tertiary/aromatic N) is 1. The molecular formula is C19H21NO3. The lowest BCUT2D eigenvalue weighted by atomic mass is 9.93. The SMILES string of the molecule is COC1CN(C(=O)OCc2ccccc2)[C@H]1Cc1ccccc1.